The average Bonchev–Trinajstić information content (AvgIpc) is 2.47. The van der Waals surface area contributed by atoms with Gasteiger partial charge < -0.3 is 0 Å². The maximum absolute atomic E-state index is 11.9. The molecule has 0 saturated heterocycles. The zero-order chi connectivity index (χ0) is 13.5. The van der Waals surface area contributed by atoms with Gasteiger partial charge in [0.25, 0.3) is 0 Å². The number of hydrogen-bond donors (Lipinski definition) is 0. The van der Waals surface area contributed by atoms with Gasteiger partial charge in [0.15, 0.2) is 0 Å². The second kappa shape index (κ2) is 6.99. The van der Waals surface area contributed by atoms with Gasteiger partial charge in [0.2, 0.25) is 0 Å². The second-order valence-electron chi connectivity index (χ2n) is 3.98. The molecule has 1 nitrogen and oxygen atoms in total. The Labute approximate surface area is 124 Å². The SMILES string of the molecule is O=C(C=Cc1ccccc1)[C]([Pd])=Cc1ccccc1. The summed E-state index contributed by atoms with van der Waals surface area (Å²) in [6.07, 6.45) is 5.23. The summed E-state index contributed by atoms with van der Waals surface area (Å²) in [5.74, 6) is -0.0318. The van der Waals surface area contributed by atoms with Crippen molar-refractivity contribution in [1.29, 1.82) is 0 Å². The van der Waals surface area contributed by atoms with Crippen molar-refractivity contribution in [2.24, 2.45) is 0 Å². The molecule has 0 aliphatic carbocycles. The Bertz CT molecular complexity index is 598. The van der Waals surface area contributed by atoms with Crippen LogP contribution in [0.25, 0.3) is 12.2 Å². The summed E-state index contributed by atoms with van der Waals surface area (Å²) < 4.78 is 0.585. The third-order valence-corrected chi connectivity index (χ3v) is 3.14. The monoisotopic (exact) mass is 339 g/mol. The first kappa shape index (κ1) is 13.7. The van der Waals surface area contributed by atoms with E-state index in [1.165, 1.54) is 0 Å². The fourth-order valence-corrected chi connectivity index (χ4v) is 1.96. The molecule has 0 aliphatic heterocycles. The molecule has 0 heterocycles. The van der Waals surface area contributed by atoms with E-state index in [4.69, 9.17) is 0 Å². The zero-order valence-corrected chi connectivity index (χ0v) is 11.8. The van der Waals surface area contributed by atoms with Crippen molar-refractivity contribution in [3.8, 4) is 0 Å². The van der Waals surface area contributed by atoms with Crippen LogP contribution < -0.4 is 0 Å². The Morgan fingerprint density at radius 3 is 1.95 bits per heavy atom. The van der Waals surface area contributed by atoms with Gasteiger partial charge in [-0.25, -0.2) is 0 Å². The van der Waals surface area contributed by atoms with Crippen LogP contribution in [0.2, 0.25) is 0 Å². The predicted molar refractivity (Wildman–Crippen MR) is 74.9 cm³/mol. The Hall–Kier alpha value is -1.75. The number of hydrogen-bond acceptors (Lipinski definition) is 1. The standard InChI is InChI=1S/C17H13O.Pd/c18-17(13-11-15-7-3-1-4-8-15)14-12-16-9-5-2-6-10-16;/h1-13H;. The van der Waals surface area contributed by atoms with Gasteiger partial charge in [-0.1, -0.05) is 0 Å². The van der Waals surface area contributed by atoms with Gasteiger partial charge in [-0.3, -0.25) is 0 Å². The molecule has 0 N–H and O–H groups in total. The van der Waals surface area contributed by atoms with Crippen LogP contribution in [0.3, 0.4) is 0 Å². The van der Waals surface area contributed by atoms with Crippen molar-refractivity contribution < 1.29 is 24.0 Å². The molecule has 0 spiro atoms. The summed E-state index contributed by atoms with van der Waals surface area (Å²) in [5, 5.41) is 0. The number of carbonyl (C=O) groups excluding carboxylic acids is 1. The van der Waals surface area contributed by atoms with Gasteiger partial charge in [-0.15, -0.1) is 0 Å². The Balaban J connectivity index is 2.08. The van der Waals surface area contributed by atoms with E-state index in [9.17, 15) is 4.79 Å². The average molecular weight is 340 g/mol. The zero-order valence-electron chi connectivity index (χ0n) is 10.2. The molecular weight excluding hydrogens is 327 g/mol. The quantitative estimate of drug-likeness (QED) is 0.611. The van der Waals surface area contributed by atoms with Crippen LogP contribution in [-0.4, -0.2) is 5.78 Å². The molecule has 0 amide bonds. The number of benzene rings is 2. The molecule has 2 aromatic carbocycles. The predicted octanol–water partition coefficient (Wildman–Crippen LogP) is 3.86. The molecule has 0 saturated carbocycles. The van der Waals surface area contributed by atoms with Crippen LogP contribution in [0.4, 0.5) is 0 Å². The molecular formula is C17H13OPd. The first-order valence-electron chi connectivity index (χ1n) is 5.92. The molecule has 2 aromatic rings. The summed E-state index contributed by atoms with van der Waals surface area (Å²) >= 11 is 3.02. The third kappa shape index (κ3) is 4.45. The summed E-state index contributed by atoms with van der Waals surface area (Å²) in [7, 11) is 0. The molecule has 0 bridgehead atoms. The van der Waals surface area contributed by atoms with Crippen molar-refractivity contribution in [3.05, 3.63) is 81.9 Å². The molecule has 0 radical (unpaired) electrons. The van der Waals surface area contributed by atoms with E-state index >= 15 is 0 Å². The molecule has 0 aromatic heterocycles. The summed E-state index contributed by atoms with van der Waals surface area (Å²) in [6, 6.07) is 19.5. The van der Waals surface area contributed by atoms with Crippen LogP contribution in [0.5, 0.6) is 0 Å². The molecule has 0 aliphatic rings. The minimum atomic E-state index is -0.0318. The summed E-state index contributed by atoms with van der Waals surface area (Å²) in [6.45, 7) is 0. The van der Waals surface area contributed by atoms with E-state index in [2.05, 4.69) is 19.2 Å². The Kier molecular flexibility index (Phi) is 5.03. The fraction of sp³-hybridized carbons (Fsp3) is 0. The van der Waals surface area contributed by atoms with Crippen molar-refractivity contribution in [2.45, 2.75) is 0 Å². The molecule has 0 atom stereocenters. The van der Waals surface area contributed by atoms with Gasteiger partial charge in [0.05, 0.1) is 0 Å². The van der Waals surface area contributed by atoms with E-state index in [0.717, 1.165) is 11.1 Å². The Morgan fingerprint density at radius 1 is 0.842 bits per heavy atom. The van der Waals surface area contributed by atoms with E-state index in [0.29, 0.717) is 4.05 Å². The minimum absolute atomic E-state index is 0.0318. The first-order chi connectivity index (χ1) is 9.25. The molecule has 97 valence electrons. The van der Waals surface area contributed by atoms with E-state index in [-0.39, 0.29) is 5.78 Å². The van der Waals surface area contributed by atoms with Crippen molar-refractivity contribution in [1.82, 2.24) is 0 Å². The van der Waals surface area contributed by atoms with Crippen molar-refractivity contribution in [2.75, 3.05) is 0 Å². The topological polar surface area (TPSA) is 17.1 Å². The number of carbonyl (C=O) groups is 1. The van der Waals surface area contributed by atoms with Gasteiger partial charge in [0.1, 0.15) is 0 Å². The second-order valence-corrected chi connectivity index (χ2v) is 4.82. The van der Waals surface area contributed by atoms with E-state index in [1.807, 2.05) is 72.8 Å². The number of rotatable bonds is 4. The molecule has 2 rings (SSSR count). The van der Waals surface area contributed by atoms with Crippen LogP contribution in [0.1, 0.15) is 11.1 Å². The molecule has 0 fully saturated rings. The number of ketones is 1. The first-order valence-corrected chi connectivity index (χ1v) is 6.70. The molecule has 2 heteroatoms. The third-order valence-electron chi connectivity index (χ3n) is 2.53. The van der Waals surface area contributed by atoms with Crippen LogP contribution >= 0.6 is 0 Å². The van der Waals surface area contributed by atoms with E-state index in [1.54, 1.807) is 6.08 Å². The maximum atomic E-state index is 11.9. The van der Waals surface area contributed by atoms with Crippen molar-refractivity contribution in [3.63, 3.8) is 0 Å². The van der Waals surface area contributed by atoms with Gasteiger partial charge in [-0.2, -0.15) is 0 Å². The van der Waals surface area contributed by atoms with Gasteiger partial charge in [-0.05, 0) is 0 Å². The summed E-state index contributed by atoms with van der Waals surface area (Å²) in [5.41, 5.74) is 2.02. The normalized spacial score (nSPS) is 11.8. The Morgan fingerprint density at radius 2 is 1.37 bits per heavy atom. The van der Waals surface area contributed by atoms with Crippen LogP contribution in [0.15, 0.2) is 70.8 Å². The van der Waals surface area contributed by atoms with Gasteiger partial charge >= 0.3 is 124 Å². The molecule has 19 heavy (non-hydrogen) atoms. The summed E-state index contributed by atoms with van der Waals surface area (Å²) in [4.78, 5) is 11.9. The molecule has 0 unspecified atom stereocenters. The van der Waals surface area contributed by atoms with Crippen LogP contribution in [0, 0.1) is 0 Å². The van der Waals surface area contributed by atoms with Gasteiger partial charge in [0, 0.05) is 0 Å². The van der Waals surface area contributed by atoms with E-state index < -0.39 is 0 Å². The number of allylic oxidation sites excluding steroid dienone is 2. The fourth-order valence-electron chi connectivity index (χ4n) is 1.57. The van der Waals surface area contributed by atoms with Crippen molar-refractivity contribution >= 4 is 17.9 Å². The van der Waals surface area contributed by atoms with Crippen LogP contribution in [-0.2, 0) is 24.0 Å².